The Balaban J connectivity index is 1.73. The van der Waals surface area contributed by atoms with E-state index < -0.39 is 11.7 Å². The summed E-state index contributed by atoms with van der Waals surface area (Å²) in [5.41, 5.74) is 0.905. The first-order valence-corrected chi connectivity index (χ1v) is 9.02. The van der Waals surface area contributed by atoms with Crippen LogP contribution in [0.15, 0.2) is 18.2 Å². The van der Waals surface area contributed by atoms with E-state index in [1.165, 1.54) is 16.8 Å². The fourth-order valence-electron chi connectivity index (χ4n) is 3.70. The number of fused-ring (bicyclic) bond motifs is 1. The smallest absolute Gasteiger partial charge is 0.289 e. The zero-order chi connectivity index (χ0) is 19.2. The van der Waals surface area contributed by atoms with E-state index in [1.54, 1.807) is 11.0 Å². The van der Waals surface area contributed by atoms with Crippen molar-refractivity contribution < 1.29 is 22.7 Å². The third-order valence-corrected chi connectivity index (χ3v) is 5.06. The molecule has 0 unspecified atom stereocenters. The van der Waals surface area contributed by atoms with Crippen LogP contribution in [0.1, 0.15) is 47.1 Å². The van der Waals surface area contributed by atoms with Gasteiger partial charge in [-0.1, -0.05) is 0 Å². The average Bonchev–Trinajstić information content (AvgIpc) is 3.28. The summed E-state index contributed by atoms with van der Waals surface area (Å²) in [6.07, 6.45) is 2.25. The quantitative estimate of drug-likeness (QED) is 0.821. The highest BCUT2D eigenvalue weighted by Crippen LogP contribution is 2.34. The molecule has 1 amide bonds. The predicted octanol–water partition coefficient (Wildman–Crippen LogP) is 3.43. The second-order valence-electron chi connectivity index (χ2n) is 7.04. The van der Waals surface area contributed by atoms with Crippen LogP contribution in [0.5, 0.6) is 0 Å². The van der Waals surface area contributed by atoms with Gasteiger partial charge in [0.15, 0.2) is 0 Å². The molecule has 4 rings (SSSR count). The summed E-state index contributed by atoms with van der Waals surface area (Å²) in [5.74, 6) is -4.14. The number of rotatable bonds is 3. The van der Waals surface area contributed by atoms with Crippen molar-refractivity contribution in [2.75, 3.05) is 19.7 Å². The van der Waals surface area contributed by atoms with Crippen LogP contribution in [-0.2, 0) is 23.7 Å². The number of hydrogen-bond acceptors (Lipinski definition) is 3. The van der Waals surface area contributed by atoms with Gasteiger partial charge in [0, 0.05) is 38.1 Å². The molecule has 2 aromatic rings. The summed E-state index contributed by atoms with van der Waals surface area (Å²) in [6, 6.07) is 4.14. The van der Waals surface area contributed by atoms with Gasteiger partial charge in [0.2, 0.25) is 0 Å². The molecule has 2 aliphatic heterocycles. The van der Waals surface area contributed by atoms with Crippen molar-refractivity contribution >= 4 is 5.91 Å². The summed E-state index contributed by atoms with van der Waals surface area (Å²) < 4.78 is 49.2. The van der Waals surface area contributed by atoms with E-state index in [0.29, 0.717) is 43.1 Å². The van der Waals surface area contributed by atoms with Gasteiger partial charge in [-0.15, -0.1) is 0 Å². The Morgan fingerprint density at radius 3 is 2.67 bits per heavy atom. The second kappa shape index (κ2) is 6.67. The van der Waals surface area contributed by atoms with Gasteiger partial charge in [-0.25, -0.2) is 9.07 Å². The van der Waals surface area contributed by atoms with Crippen LogP contribution in [0.2, 0.25) is 0 Å². The van der Waals surface area contributed by atoms with Crippen LogP contribution in [0.4, 0.5) is 13.2 Å². The van der Waals surface area contributed by atoms with Crippen molar-refractivity contribution in [1.29, 1.82) is 0 Å². The molecule has 0 atom stereocenters. The fraction of sp³-hybridized carbons (Fsp3) is 0.474. The Morgan fingerprint density at radius 2 is 2.00 bits per heavy atom. The first kappa shape index (κ1) is 18.0. The predicted molar refractivity (Wildman–Crippen MR) is 91.6 cm³/mol. The minimum absolute atomic E-state index is 0.00829. The number of carbonyl (C=O) groups is 1. The Morgan fingerprint density at radius 1 is 1.26 bits per heavy atom. The monoisotopic (exact) mass is 379 g/mol. The van der Waals surface area contributed by atoms with Crippen molar-refractivity contribution in [3.8, 4) is 5.69 Å². The molecule has 8 heteroatoms. The zero-order valence-electron chi connectivity index (χ0n) is 15.0. The van der Waals surface area contributed by atoms with Crippen LogP contribution in [0.3, 0.4) is 0 Å². The molecule has 2 aliphatic rings. The van der Waals surface area contributed by atoms with Crippen molar-refractivity contribution in [1.82, 2.24) is 14.7 Å². The Hall–Kier alpha value is -2.35. The van der Waals surface area contributed by atoms with Gasteiger partial charge < -0.3 is 9.64 Å². The molecule has 144 valence electrons. The van der Waals surface area contributed by atoms with E-state index in [2.05, 4.69) is 5.10 Å². The molecule has 0 radical (unpaired) electrons. The highest BCUT2D eigenvalue weighted by Gasteiger charge is 2.35. The van der Waals surface area contributed by atoms with Gasteiger partial charge in [-0.2, -0.15) is 13.9 Å². The summed E-state index contributed by atoms with van der Waals surface area (Å²) >= 11 is 0. The van der Waals surface area contributed by atoms with Gasteiger partial charge >= 0.3 is 0 Å². The number of amides is 1. The van der Waals surface area contributed by atoms with E-state index in [9.17, 15) is 18.0 Å². The first-order chi connectivity index (χ1) is 12.9. The van der Waals surface area contributed by atoms with Crippen molar-refractivity contribution in [3.05, 3.63) is 46.5 Å². The van der Waals surface area contributed by atoms with E-state index in [4.69, 9.17) is 4.74 Å². The Kier molecular flexibility index (Phi) is 4.46. The molecule has 5 nitrogen and oxygen atoms in total. The van der Waals surface area contributed by atoms with Gasteiger partial charge in [0.25, 0.3) is 11.8 Å². The maximum Gasteiger partial charge on any atom is 0.289 e. The third-order valence-electron chi connectivity index (χ3n) is 5.06. The lowest BCUT2D eigenvalue weighted by atomic mass is 10.1. The van der Waals surface area contributed by atoms with Crippen molar-refractivity contribution in [2.45, 2.75) is 38.7 Å². The molecule has 1 aromatic carbocycles. The number of hydrogen-bond donors (Lipinski definition) is 0. The Bertz CT molecular complexity index is 883. The van der Waals surface area contributed by atoms with E-state index in [-0.39, 0.29) is 23.8 Å². The lowest BCUT2D eigenvalue weighted by Gasteiger charge is -2.17. The van der Waals surface area contributed by atoms with Crippen LogP contribution < -0.4 is 0 Å². The van der Waals surface area contributed by atoms with Gasteiger partial charge in [-0.3, -0.25) is 4.79 Å². The summed E-state index contributed by atoms with van der Waals surface area (Å²) in [4.78, 5) is 14.1. The molecule has 0 aliphatic carbocycles. The molecule has 1 fully saturated rings. The molecule has 1 saturated heterocycles. The number of halogens is 3. The number of nitrogens with zero attached hydrogens (tertiary/aromatic N) is 3. The van der Waals surface area contributed by atoms with E-state index in [0.717, 1.165) is 19.8 Å². The third kappa shape index (κ3) is 3.22. The molecule has 0 saturated carbocycles. The zero-order valence-corrected chi connectivity index (χ0v) is 15.0. The molecule has 27 heavy (non-hydrogen) atoms. The molecule has 0 spiro atoms. The normalized spacial score (nSPS) is 17.3. The average molecular weight is 379 g/mol. The standard InChI is InChI=1S/C19H20F3N3O2/c1-19(21,22)17-14-11-27-9-6-16(14)25(23-17)12-4-5-13(15(20)10-12)18(26)24-7-2-3-8-24/h4-5,10H,2-3,6-9,11H2,1H3. The molecule has 0 N–H and O–H groups in total. The van der Waals surface area contributed by atoms with Crippen LogP contribution >= 0.6 is 0 Å². The van der Waals surface area contributed by atoms with Crippen molar-refractivity contribution in [3.63, 3.8) is 0 Å². The SMILES string of the molecule is CC(F)(F)c1nn(-c2ccc(C(=O)N3CCCC3)c(F)c2)c2c1COCC2. The lowest BCUT2D eigenvalue weighted by Crippen LogP contribution is -2.28. The molecule has 1 aromatic heterocycles. The summed E-state index contributed by atoms with van der Waals surface area (Å²) in [6.45, 7) is 2.49. The van der Waals surface area contributed by atoms with E-state index in [1.807, 2.05) is 0 Å². The molecule has 3 heterocycles. The number of likely N-dealkylation sites (tertiary alicyclic amines) is 1. The van der Waals surface area contributed by atoms with Crippen LogP contribution in [0.25, 0.3) is 5.69 Å². The fourth-order valence-corrected chi connectivity index (χ4v) is 3.70. The maximum absolute atomic E-state index is 14.7. The van der Waals surface area contributed by atoms with Gasteiger partial charge in [0.1, 0.15) is 11.5 Å². The van der Waals surface area contributed by atoms with Crippen LogP contribution in [0, 0.1) is 5.82 Å². The van der Waals surface area contributed by atoms with Crippen molar-refractivity contribution in [2.24, 2.45) is 0 Å². The number of benzene rings is 1. The number of ether oxygens (including phenoxy) is 1. The largest absolute Gasteiger partial charge is 0.376 e. The second-order valence-corrected chi connectivity index (χ2v) is 7.04. The number of aromatic nitrogens is 2. The minimum Gasteiger partial charge on any atom is -0.376 e. The molecular formula is C19H20F3N3O2. The topological polar surface area (TPSA) is 47.4 Å². The molecule has 0 bridgehead atoms. The highest BCUT2D eigenvalue weighted by molar-refractivity contribution is 5.94. The minimum atomic E-state index is -3.12. The van der Waals surface area contributed by atoms with Gasteiger partial charge in [0.05, 0.1) is 30.2 Å². The summed E-state index contributed by atoms with van der Waals surface area (Å²) in [5, 5.41) is 4.05. The van der Waals surface area contributed by atoms with Crippen LogP contribution in [-0.4, -0.2) is 40.3 Å². The maximum atomic E-state index is 14.7. The number of alkyl halides is 2. The first-order valence-electron chi connectivity index (χ1n) is 9.02. The highest BCUT2D eigenvalue weighted by atomic mass is 19.3. The summed E-state index contributed by atoms with van der Waals surface area (Å²) in [7, 11) is 0. The van der Waals surface area contributed by atoms with Gasteiger partial charge in [-0.05, 0) is 25.0 Å². The van der Waals surface area contributed by atoms with E-state index >= 15 is 0 Å². The Labute approximate surface area is 154 Å². The lowest BCUT2D eigenvalue weighted by molar-refractivity contribution is 0.00850. The number of carbonyl (C=O) groups excluding carboxylic acids is 1. The molecular weight excluding hydrogens is 359 g/mol.